The second kappa shape index (κ2) is 4.80. The van der Waals surface area contributed by atoms with E-state index in [1.807, 2.05) is 0 Å². The quantitative estimate of drug-likeness (QED) is 0.799. The number of esters is 1. The predicted octanol–water partition coefficient (Wildman–Crippen LogP) is 0.436. The first-order valence-corrected chi connectivity index (χ1v) is 6.42. The molecule has 0 saturated heterocycles. The molecule has 1 rings (SSSR count). The fourth-order valence-corrected chi connectivity index (χ4v) is 1.83. The summed E-state index contributed by atoms with van der Waals surface area (Å²) in [5, 5.41) is 9.40. The number of halogens is 1. The van der Waals surface area contributed by atoms with Crippen LogP contribution >= 0.6 is 0 Å². The number of hydrogen-bond acceptors (Lipinski definition) is 5. The Morgan fingerprint density at radius 2 is 2.06 bits per heavy atom. The largest absolute Gasteiger partial charge is 0.467 e. The number of rotatable bonds is 3. The molecule has 0 aliphatic heterocycles. The molecule has 0 bridgehead atoms. The lowest BCUT2D eigenvalue weighted by atomic mass is 10.1. The van der Waals surface area contributed by atoms with Gasteiger partial charge in [-0.3, -0.25) is 0 Å². The van der Waals surface area contributed by atoms with Gasteiger partial charge in [0.15, 0.2) is 15.9 Å². The van der Waals surface area contributed by atoms with Crippen molar-refractivity contribution in [3.63, 3.8) is 0 Å². The number of carbonyl (C=O) groups is 1. The third-order valence-electron chi connectivity index (χ3n) is 2.12. The molecule has 7 heteroatoms. The predicted molar refractivity (Wildman–Crippen MR) is 56.5 cm³/mol. The van der Waals surface area contributed by atoms with Crippen LogP contribution in [-0.4, -0.2) is 32.9 Å². The van der Waals surface area contributed by atoms with Gasteiger partial charge in [-0.05, 0) is 12.1 Å². The number of ether oxygens (including phenoxy) is 1. The maximum Gasteiger partial charge on any atom is 0.339 e. The summed E-state index contributed by atoms with van der Waals surface area (Å²) < 4.78 is 40.0. The summed E-state index contributed by atoms with van der Waals surface area (Å²) in [6, 6.07) is 2.89. The summed E-state index contributed by atoms with van der Waals surface area (Å²) in [6.45, 7) is 0. The maximum absolute atomic E-state index is 13.5. The van der Waals surface area contributed by atoms with Crippen molar-refractivity contribution in [1.82, 2.24) is 0 Å². The first kappa shape index (κ1) is 13.6. The van der Waals surface area contributed by atoms with Crippen LogP contribution in [0.2, 0.25) is 0 Å². The number of hydrogen-bond donors (Lipinski definition) is 1. The summed E-state index contributed by atoms with van der Waals surface area (Å²) in [4.78, 5) is 10.8. The van der Waals surface area contributed by atoms with Crippen LogP contribution in [0.3, 0.4) is 0 Å². The van der Waals surface area contributed by atoms with E-state index >= 15 is 0 Å². The first-order valence-electron chi connectivity index (χ1n) is 4.52. The van der Waals surface area contributed by atoms with Gasteiger partial charge in [0.2, 0.25) is 0 Å². The average molecular weight is 262 g/mol. The summed E-state index contributed by atoms with van der Waals surface area (Å²) in [7, 11) is -2.48. The summed E-state index contributed by atoms with van der Waals surface area (Å²) in [5.41, 5.74) is -0.329. The second-order valence-electron chi connectivity index (χ2n) is 3.38. The van der Waals surface area contributed by atoms with E-state index < -0.39 is 27.7 Å². The fourth-order valence-electron chi connectivity index (χ4n) is 1.20. The highest BCUT2D eigenvalue weighted by atomic mass is 32.2. The highest BCUT2D eigenvalue weighted by Crippen LogP contribution is 2.21. The van der Waals surface area contributed by atoms with E-state index in [9.17, 15) is 22.7 Å². The van der Waals surface area contributed by atoms with Crippen LogP contribution in [0.15, 0.2) is 23.1 Å². The Morgan fingerprint density at radius 1 is 1.47 bits per heavy atom. The van der Waals surface area contributed by atoms with Gasteiger partial charge in [-0.15, -0.1) is 0 Å². The lowest BCUT2D eigenvalue weighted by molar-refractivity contribution is -0.150. The normalized spacial score (nSPS) is 13.2. The second-order valence-corrected chi connectivity index (χ2v) is 5.40. The SMILES string of the molecule is COC(=O)C(O)c1ccc(S(C)(=O)=O)cc1F. The topological polar surface area (TPSA) is 80.7 Å². The van der Waals surface area contributed by atoms with Crippen LogP contribution in [0.25, 0.3) is 0 Å². The number of aliphatic hydroxyl groups excluding tert-OH is 1. The molecule has 1 atom stereocenters. The van der Waals surface area contributed by atoms with Crippen molar-refractivity contribution in [1.29, 1.82) is 0 Å². The molecule has 0 spiro atoms. The highest BCUT2D eigenvalue weighted by molar-refractivity contribution is 7.90. The molecular weight excluding hydrogens is 251 g/mol. The van der Waals surface area contributed by atoms with Crippen molar-refractivity contribution in [2.75, 3.05) is 13.4 Å². The molecule has 1 aromatic rings. The van der Waals surface area contributed by atoms with E-state index in [1.54, 1.807) is 0 Å². The van der Waals surface area contributed by atoms with Crippen molar-refractivity contribution < 1.29 is 27.4 Å². The monoisotopic (exact) mass is 262 g/mol. The molecule has 0 fully saturated rings. The number of aliphatic hydroxyl groups is 1. The van der Waals surface area contributed by atoms with Gasteiger partial charge in [0.1, 0.15) is 5.82 Å². The molecule has 0 saturated carbocycles. The van der Waals surface area contributed by atoms with Crippen molar-refractivity contribution in [2.24, 2.45) is 0 Å². The van der Waals surface area contributed by atoms with Gasteiger partial charge < -0.3 is 9.84 Å². The molecule has 0 amide bonds. The Bertz CT molecular complexity index is 538. The third kappa shape index (κ3) is 3.01. The summed E-state index contributed by atoms with van der Waals surface area (Å²) in [6.07, 6.45) is -0.841. The van der Waals surface area contributed by atoms with E-state index in [-0.39, 0.29) is 10.5 Å². The molecule has 94 valence electrons. The molecular formula is C10H11FO5S. The van der Waals surface area contributed by atoms with Crippen LogP contribution in [-0.2, 0) is 19.4 Å². The standard InChI is InChI=1S/C10H11FO5S/c1-16-10(13)9(12)7-4-3-6(5-8(7)11)17(2,14)15/h3-5,9,12H,1-2H3. The van der Waals surface area contributed by atoms with Crippen molar-refractivity contribution in [3.8, 4) is 0 Å². The Morgan fingerprint density at radius 3 is 2.47 bits per heavy atom. The Labute approximate surface area is 97.8 Å². The van der Waals surface area contributed by atoms with E-state index in [4.69, 9.17) is 0 Å². The molecule has 0 aliphatic rings. The van der Waals surface area contributed by atoms with E-state index in [2.05, 4.69) is 4.74 Å². The third-order valence-corrected chi connectivity index (χ3v) is 3.23. The molecule has 17 heavy (non-hydrogen) atoms. The van der Waals surface area contributed by atoms with Crippen LogP contribution in [0.5, 0.6) is 0 Å². The number of benzene rings is 1. The highest BCUT2D eigenvalue weighted by Gasteiger charge is 2.22. The van der Waals surface area contributed by atoms with E-state index in [0.717, 1.165) is 31.6 Å². The van der Waals surface area contributed by atoms with Crippen molar-refractivity contribution in [3.05, 3.63) is 29.6 Å². The van der Waals surface area contributed by atoms with Gasteiger partial charge >= 0.3 is 5.97 Å². The Balaban J connectivity index is 3.19. The van der Waals surface area contributed by atoms with Crippen LogP contribution < -0.4 is 0 Å². The van der Waals surface area contributed by atoms with Gasteiger partial charge in [-0.1, -0.05) is 6.07 Å². The minimum absolute atomic E-state index is 0.226. The minimum Gasteiger partial charge on any atom is -0.467 e. The van der Waals surface area contributed by atoms with E-state index in [0.29, 0.717) is 0 Å². The maximum atomic E-state index is 13.5. The molecule has 0 aliphatic carbocycles. The zero-order valence-corrected chi connectivity index (χ0v) is 9.99. The van der Waals surface area contributed by atoms with Gasteiger partial charge in [-0.25, -0.2) is 17.6 Å². The fraction of sp³-hybridized carbons (Fsp3) is 0.300. The number of methoxy groups -OCH3 is 1. The minimum atomic E-state index is -3.53. The number of carbonyl (C=O) groups excluding carboxylic acids is 1. The smallest absolute Gasteiger partial charge is 0.339 e. The van der Waals surface area contributed by atoms with Crippen LogP contribution in [0, 0.1) is 5.82 Å². The lowest BCUT2D eigenvalue weighted by Crippen LogP contribution is -2.15. The van der Waals surface area contributed by atoms with Crippen LogP contribution in [0.4, 0.5) is 4.39 Å². The molecule has 5 nitrogen and oxygen atoms in total. The van der Waals surface area contributed by atoms with Crippen molar-refractivity contribution >= 4 is 15.8 Å². The average Bonchev–Trinajstić information content (AvgIpc) is 2.25. The first-order chi connectivity index (χ1) is 7.77. The molecule has 0 heterocycles. The van der Waals surface area contributed by atoms with E-state index in [1.165, 1.54) is 0 Å². The molecule has 0 radical (unpaired) electrons. The van der Waals surface area contributed by atoms with Crippen molar-refractivity contribution in [2.45, 2.75) is 11.0 Å². The zero-order valence-electron chi connectivity index (χ0n) is 9.18. The summed E-state index contributed by atoms with van der Waals surface area (Å²) in [5.74, 6) is -2.00. The Kier molecular flexibility index (Phi) is 3.84. The molecule has 1 N–H and O–H groups in total. The van der Waals surface area contributed by atoms with Gasteiger partial charge in [0.25, 0.3) is 0 Å². The van der Waals surface area contributed by atoms with Gasteiger partial charge in [0.05, 0.1) is 12.0 Å². The zero-order chi connectivity index (χ0) is 13.2. The number of sulfone groups is 1. The lowest BCUT2D eigenvalue weighted by Gasteiger charge is -2.10. The summed E-state index contributed by atoms with van der Waals surface area (Å²) >= 11 is 0. The molecule has 1 aromatic carbocycles. The Hall–Kier alpha value is -1.47. The molecule has 0 aromatic heterocycles. The molecule has 1 unspecified atom stereocenters. The van der Waals surface area contributed by atoms with Crippen LogP contribution in [0.1, 0.15) is 11.7 Å². The van der Waals surface area contributed by atoms with Gasteiger partial charge in [0, 0.05) is 11.8 Å². The van der Waals surface area contributed by atoms with Gasteiger partial charge in [-0.2, -0.15) is 0 Å².